The Morgan fingerprint density at radius 1 is 1.03 bits per heavy atom. The van der Waals surface area contributed by atoms with Gasteiger partial charge < -0.3 is 10.1 Å². The van der Waals surface area contributed by atoms with E-state index in [1.165, 1.54) is 10.6 Å². The second-order valence-corrected chi connectivity index (χ2v) is 6.67. The van der Waals surface area contributed by atoms with Crippen molar-refractivity contribution >= 4 is 28.8 Å². The van der Waals surface area contributed by atoms with Crippen molar-refractivity contribution in [2.45, 2.75) is 6.61 Å². The van der Waals surface area contributed by atoms with E-state index in [0.717, 1.165) is 5.56 Å². The third-order valence-corrected chi connectivity index (χ3v) is 4.69. The van der Waals surface area contributed by atoms with Crippen molar-refractivity contribution in [3.8, 4) is 5.75 Å². The molecule has 0 radical (unpaired) electrons. The number of pyridine rings is 1. The minimum absolute atomic E-state index is 0.0345. The zero-order valence-corrected chi connectivity index (χ0v) is 16.0. The fourth-order valence-corrected chi connectivity index (χ4v) is 2.98. The third-order valence-electron chi connectivity index (χ3n) is 4.32. The Balaban J connectivity index is 1.45. The summed E-state index contributed by atoms with van der Waals surface area (Å²) in [6.07, 6.45) is 2.86. The van der Waals surface area contributed by atoms with E-state index < -0.39 is 11.5 Å². The molecule has 0 aliphatic heterocycles. The molecule has 7 heteroatoms. The van der Waals surface area contributed by atoms with Crippen LogP contribution in [0.1, 0.15) is 15.9 Å². The number of rotatable bonds is 5. The summed E-state index contributed by atoms with van der Waals surface area (Å²) >= 11 is 6.12. The van der Waals surface area contributed by atoms with Gasteiger partial charge in [0.15, 0.2) is 0 Å². The Bertz CT molecular complexity index is 1240. The minimum Gasteiger partial charge on any atom is -0.489 e. The van der Waals surface area contributed by atoms with Crippen molar-refractivity contribution in [2.75, 3.05) is 5.32 Å². The highest BCUT2D eigenvalue weighted by Crippen LogP contribution is 2.20. The van der Waals surface area contributed by atoms with E-state index in [4.69, 9.17) is 16.3 Å². The largest absolute Gasteiger partial charge is 0.489 e. The maximum Gasteiger partial charge on any atom is 0.270 e. The standard InChI is InChI=1S/C22H16ClN3O3/c23-19-6-2-1-5-15(19)14-29-17-10-8-16(9-11-17)25-21(27)18-13-24-20-7-3-4-12-26(20)22(18)28/h1-13H,14H2,(H,25,27). The molecule has 6 nitrogen and oxygen atoms in total. The maximum atomic E-state index is 12.5. The highest BCUT2D eigenvalue weighted by Gasteiger charge is 2.13. The van der Waals surface area contributed by atoms with Crippen molar-refractivity contribution in [3.63, 3.8) is 0 Å². The number of anilines is 1. The first-order valence-corrected chi connectivity index (χ1v) is 9.23. The van der Waals surface area contributed by atoms with Crippen LogP contribution < -0.4 is 15.6 Å². The first kappa shape index (κ1) is 18.7. The van der Waals surface area contributed by atoms with Crippen LogP contribution in [0.15, 0.2) is 83.9 Å². The first-order chi connectivity index (χ1) is 14.1. The van der Waals surface area contributed by atoms with Gasteiger partial charge in [-0.1, -0.05) is 35.9 Å². The van der Waals surface area contributed by atoms with Crippen molar-refractivity contribution in [1.82, 2.24) is 9.38 Å². The van der Waals surface area contributed by atoms with Crippen molar-refractivity contribution < 1.29 is 9.53 Å². The van der Waals surface area contributed by atoms with Crippen LogP contribution in [0, 0.1) is 0 Å². The van der Waals surface area contributed by atoms with Gasteiger partial charge in [0.25, 0.3) is 11.5 Å². The lowest BCUT2D eigenvalue weighted by molar-refractivity contribution is 0.102. The lowest BCUT2D eigenvalue weighted by Crippen LogP contribution is -2.26. The van der Waals surface area contributed by atoms with Crippen LogP contribution in [-0.4, -0.2) is 15.3 Å². The molecule has 4 aromatic rings. The molecule has 0 aliphatic rings. The summed E-state index contributed by atoms with van der Waals surface area (Å²) < 4.78 is 7.06. The second-order valence-electron chi connectivity index (χ2n) is 6.26. The summed E-state index contributed by atoms with van der Waals surface area (Å²) in [6, 6.07) is 19.5. The molecule has 2 aromatic carbocycles. The third kappa shape index (κ3) is 4.12. The van der Waals surface area contributed by atoms with Gasteiger partial charge in [0.1, 0.15) is 23.6 Å². The molecule has 144 valence electrons. The zero-order valence-electron chi connectivity index (χ0n) is 15.2. The lowest BCUT2D eigenvalue weighted by atomic mass is 10.2. The number of aromatic nitrogens is 2. The summed E-state index contributed by atoms with van der Waals surface area (Å²) in [6.45, 7) is 0.338. The zero-order chi connectivity index (χ0) is 20.2. The summed E-state index contributed by atoms with van der Waals surface area (Å²) in [4.78, 5) is 29.1. The lowest BCUT2D eigenvalue weighted by Gasteiger charge is -2.09. The molecular formula is C22H16ClN3O3. The summed E-state index contributed by atoms with van der Waals surface area (Å²) in [7, 11) is 0. The van der Waals surface area contributed by atoms with E-state index in [1.807, 2.05) is 24.3 Å². The van der Waals surface area contributed by atoms with Crippen LogP contribution in [0.4, 0.5) is 5.69 Å². The highest BCUT2D eigenvalue weighted by atomic mass is 35.5. The van der Waals surface area contributed by atoms with E-state index in [1.54, 1.807) is 48.7 Å². The molecule has 0 unspecified atom stereocenters. The predicted octanol–water partition coefficient (Wildman–Crippen LogP) is 4.18. The van der Waals surface area contributed by atoms with Crippen molar-refractivity contribution in [2.24, 2.45) is 0 Å². The summed E-state index contributed by atoms with van der Waals surface area (Å²) in [5.74, 6) is 0.112. The highest BCUT2D eigenvalue weighted by molar-refractivity contribution is 6.31. The van der Waals surface area contributed by atoms with Gasteiger partial charge in [-0.2, -0.15) is 0 Å². The number of amides is 1. The van der Waals surface area contributed by atoms with Gasteiger partial charge in [-0.25, -0.2) is 4.98 Å². The van der Waals surface area contributed by atoms with Gasteiger partial charge in [0.05, 0.1) is 0 Å². The van der Waals surface area contributed by atoms with E-state index in [9.17, 15) is 9.59 Å². The number of nitrogens with one attached hydrogen (secondary N) is 1. The summed E-state index contributed by atoms with van der Waals surface area (Å²) in [5.41, 5.74) is 1.45. The topological polar surface area (TPSA) is 72.7 Å². The molecule has 1 amide bonds. The number of carbonyl (C=O) groups is 1. The molecule has 0 atom stereocenters. The molecule has 0 bridgehead atoms. The number of hydrogen-bond donors (Lipinski definition) is 1. The molecular weight excluding hydrogens is 390 g/mol. The Morgan fingerprint density at radius 3 is 2.59 bits per heavy atom. The second kappa shape index (κ2) is 8.16. The van der Waals surface area contributed by atoms with Gasteiger partial charge >= 0.3 is 0 Å². The number of hydrogen-bond acceptors (Lipinski definition) is 4. The number of ether oxygens (including phenoxy) is 1. The monoisotopic (exact) mass is 405 g/mol. The predicted molar refractivity (Wildman–Crippen MR) is 112 cm³/mol. The number of benzene rings is 2. The van der Waals surface area contributed by atoms with Crippen molar-refractivity contribution in [1.29, 1.82) is 0 Å². The average Bonchev–Trinajstić information content (AvgIpc) is 2.74. The van der Waals surface area contributed by atoms with Gasteiger partial charge in [-0.3, -0.25) is 14.0 Å². The Morgan fingerprint density at radius 2 is 1.79 bits per heavy atom. The smallest absolute Gasteiger partial charge is 0.270 e. The molecule has 0 fully saturated rings. The normalized spacial score (nSPS) is 10.7. The number of fused-ring (bicyclic) bond motifs is 1. The fourth-order valence-electron chi connectivity index (χ4n) is 2.79. The molecule has 1 N–H and O–H groups in total. The van der Waals surface area contributed by atoms with Crippen LogP contribution in [0.2, 0.25) is 5.02 Å². The van der Waals surface area contributed by atoms with E-state index in [-0.39, 0.29) is 5.56 Å². The average molecular weight is 406 g/mol. The molecule has 2 aromatic heterocycles. The molecule has 29 heavy (non-hydrogen) atoms. The van der Waals surface area contributed by atoms with Gasteiger partial charge in [-0.15, -0.1) is 0 Å². The summed E-state index contributed by atoms with van der Waals surface area (Å²) in [5, 5.41) is 3.35. The Kier molecular flexibility index (Phi) is 5.27. The van der Waals surface area contributed by atoms with Crippen LogP contribution in [-0.2, 0) is 6.61 Å². The van der Waals surface area contributed by atoms with Crippen LogP contribution in [0.3, 0.4) is 0 Å². The fraction of sp³-hybridized carbons (Fsp3) is 0.0455. The number of halogens is 1. The van der Waals surface area contributed by atoms with Gasteiger partial charge in [0.2, 0.25) is 0 Å². The van der Waals surface area contributed by atoms with E-state index in [0.29, 0.717) is 28.7 Å². The molecule has 0 saturated heterocycles. The van der Waals surface area contributed by atoms with Crippen LogP contribution in [0.25, 0.3) is 5.65 Å². The molecule has 0 spiro atoms. The van der Waals surface area contributed by atoms with E-state index in [2.05, 4.69) is 10.3 Å². The molecule has 2 heterocycles. The minimum atomic E-state index is -0.523. The quantitative estimate of drug-likeness (QED) is 0.540. The van der Waals surface area contributed by atoms with E-state index >= 15 is 0 Å². The van der Waals surface area contributed by atoms with Crippen LogP contribution in [0.5, 0.6) is 5.75 Å². The van der Waals surface area contributed by atoms with Gasteiger partial charge in [-0.05, 0) is 42.5 Å². The molecule has 4 rings (SSSR count). The van der Waals surface area contributed by atoms with Crippen LogP contribution >= 0.6 is 11.6 Å². The maximum absolute atomic E-state index is 12.5. The number of nitrogens with zero attached hydrogens (tertiary/aromatic N) is 2. The number of carbonyl (C=O) groups excluding carboxylic acids is 1. The van der Waals surface area contributed by atoms with Crippen molar-refractivity contribution in [3.05, 3.63) is 106 Å². The Hall–Kier alpha value is -3.64. The molecule has 0 aliphatic carbocycles. The SMILES string of the molecule is O=C(Nc1ccc(OCc2ccccc2Cl)cc1)c1cnc2ccccn2c1=O. The van der Waals surface area contributed by atoms with Gasteiger partial charge in [0, 0.05) is 28.7 Å². The molecule has 0 saturated carbocycles. The first-order valence-electron chi connectivity index (χ1n) is 8.86. The Labute approximate surface area is 171 Å².